The third kappa shape index (κ3) is 6.84. The molecule has 3 aliphatic heterocycles. The lowest BCUT2D eigenvalue weighted by molar-refractivity contribution is -0.138. The smallest absolute Gasteiger partial charge is 0.416 e. The van der Waals surface area contributed by atoms with Crippen LogP contribution in [0.5, 0.6) is 17.4 Å². The number of aromatic nitrogens is 3. The predicted octanol–water partition coefficient (Wildman–Crippen LogP) is 4.69. The van der Waals surface area contributed by atoms with Crippen LogP contribution in [0.25, 0.3) is 0 Å². The first kappa shape index (κ1) is 31.5. The lowest BCUT2D eigenvalue weighted by Gasteiger charge is -2.34. The van der Waals surface area contributed by atoms with Gasteiger partial charge in [-0.3, -0.25) is 14.7 Å². The third-order valence-corrected chi connectivity index (χ3v) is 8.51. The zero-order valence-corrected chi connectivity index (χ0v) is 25.6. The Morgan fingerprint density at radius 3 is 2.63 bits per heavy atom. The van der Waals surface area contributed by atoms with Gasteiger partial charge in [0.2, 0.25) is 5.75 Å². The Bertz CT molecular complexity index is 1610. The van der Waals surface area contributed by atoms with Gasteiger partial charge in [-0.2, -0.15) is 18.2 Å². The molecule has 1 saturated heterocycles. The number of nitrogens with zero attached hydrogens (tertiary/aromatic N) is 6. The normalized spacial score (nSPS) is 18.7. The average Bonchev–Trinajstić information content (AvgIpc) is 3.04. The highest BCUT2D eigenvalue weighted by Gasteiger charge is 2.35. The van der Waals surface area contributed by atoms with Gasteiger partial charge >= 0.3 is 12.2 Å². The van der Waals surface area contributed by atoms with Gasteiger partial charge in [0, 0.05) is 57.4 Å². The van der Waals surface area contributed by atoms with E-state index in [0.717, 1.165) is 37.0 Å². The van der Waals surface area contributed by atoms with Crippen molar-refractivity contribution in [2.24, 2.45) is 0 Å². The lowest BCUT2D eigenvalue weighted by atomic mass is 9.92. The number of amides is 3. The number of fused-ring (bicyclic) bond motifs is 2. The molecule has 1 fully saturated rings. The van der Waals surface area contributed by atoms with Crippen LogP contribution in [0.4, 0.5) is 29.5 Å². The number of nitrogens with one attached hydrogen (secondary N) is 2. The van der Waals surface area contributed by atoms with E-state index in [0.29, 0.717) is 31.8 Å². The molecule has 0 spiro atoms. The van der Waals surface area contributed by atoms with Crippen LogP contribution < -0.4 is 20.1 Å². The number of anilines is 2. The molecule has 1 atom stereocenters. The number of urea groups is 1. The van der Waals surface area contributed by atoms with Crippen molar-refractivity contribution >= 4 is 23.4 Å². The zero-order chi connectivity index (χ0) is 32.4. The summed E-state index contributed by atoms with van der Waals surface area (Å²) in [5.74, 6) is 0.377. The molecular formula is C31H35F3N8O4. The van der Waals surface area contributed by atoms with Crippen molar-refractivity contribution in [3.63, 3.8) is 0 Å². The Morgan fingerprint density at radius 1 is 1.11 bits per heavy atom. The standard InChI is InChI=1S/C31H35F3N8O4/c1-3-19-15-42(16-21-11-23(13-35-26(19)21)46-29-27-28(36-18-37-29)39-25(43)17-45-27)30(44)38-22-6-5-20(24(12-22)31(32,33)34)14-41-9-7-40(4-2)8-10-41/h5-6,11-13,18-19H,3-4,7-10,14-17H2,1-2H3,(H,38,44)(H,36,37,39,43). The zero-order valence-electron chi connectivity index (χ0n) is 25.6. The van der Waals surface area contributed by atoms with E-state index in [4.69, 9.17) is 9.47 Å². The second kappa shape index (κ2) is 13.1. The van der Waals surface area contributed by atoms with Gasteiger partial charge < -0.3 is 29.9 Å². The van der Waals surface area contributed by atoms with Gasteiger partial charge in [0.25, 0.3) is 11.8 Å². The molecule has 3 amide bonds. The highest BCUT2D eigenvalue weighted by atomic mass is 19.4. The average molecular weight is 641 g/mol. The number of halogens is 3. The number of benzene rings is 1. The minimum Gasteiger partial charge on any atom is -0.475 e. The van der Waals surface area contributed by atoms with E-state index in [2.05, 4.69) is 37.4 Å². The largest absolute Gasteiger partial charge is 0.475 e. The van der Waals surface area contributed by atoms with Gasteiger partial charge in [0.1, 0.15) is 12.1 Å². The molecule has 3 aromatic rings. The molecule has 5 heterocycles. The molecule has 46 heavy (non-hydrogen) atoms. The predicted molar refractivity (Wildman–Crippen MR) is 162 cm³/mol. The van der Waals surface area contributed by atoms with Crippen molar-refractivity contribution in [2.75, 3.05) is 56.5 Å². The molecule has 0 radical (unpaired) electrons. The number of likely N-dealkylation sites (N-methyl/N-ethyl adjacent to an activating group) is 1. The number of rotatable bonds is 7. The summed E-state index contributed by atoms with van der Waals surface area (Å²) >= 11 is 0. The number of piperazine rings is 1. The first-order chi connectivity index (χ1) is 22.1. The maximum Gasteiger partial charge on any atom is 0.416 e. The fourth-order valence-electron chi connectivity index (χ4n) is 5.98. The number of carbonyl (C=O) groups excluding carboxylic acids is 2. The van der Waals surface area contributed by atoms with Crippen molar-refractivity contribution in [3.8, 4) is 17.4 Å². The second-order valence-corrected chi connectivity index (χ2v) is 11.5. The van der Waals surface area contributed by atoms with E-state index in [1.165, 1.54) is 18.5 Å². The summed E-state index contributed by atoms with van der Waals surface area (Å²) in [4.78, 5) is 43.7. The minimum atomic E-state index is -4.57. The van der Waals surface area contributed by atoms with Crippen LogP contribution in [0.15, 0.2) is 36.8 Å². The van der Waals surface area contributed by atoms with Crippen molar-refractivity contribution < 1.29 is 32.2 Å². The lowest BCUT2D eigenvalue weighted by Crippen LogP contribution is -2.45. The highest BCUT2D eigenvalue weighted by molar-refractivity contribution is 5.94. The van der Waals surface area contributed by atoms with Crippen LogP contribution in [0.1, 0.15) is 48.6 Å². The van der Waals surface area contributed by atoms with Gasteiger partial charge in [0.05, 0.1) is 17.5 Å². The molecule has 12 nitrogen and oxygen atoms in total. The number of hydrogen-bond donors (Lipinski definition) is 2. The second-order valence-electron chi connectivity index (χ2n) is 11.5. The molecule has 6 rings (SSSR count). The summed E-state index contributed by atoms with van der Waals surface area (Å²) in [7, 11) is 0. The number of pyridine rings is 1. The maximum atomic E-state index is 14.2. The minimum absolute atomic E-state index is 0.0755. The first-order valence-electron chi connectivity index (χ1n) is 15.3. The number of carbonyl (C=O) groups is 2. The Morgan fingerprint density at radius 2 is 1.89 bits per heavy atom. The van der Waals surface area contributed by atoms with Crippen LogP contribution in [0.2, 0.25) is 0 Å². The number of alkyl halides is 3. The van der Waals surface area contributed by atoms with Crippen LogP contribution in [-0.2, 0) is 24.1 Å². The van der Waals surface area contributed by atoms with Crippen molar-refractivity contribution in [1.29, 1.82) is 0 Å². The van der Waals surface area contributed by atoms with E-state index in [9.17, 15) is 22.8 Å². The molecular weight excluding hydrogens is 605 g/mol. The molecule has 0 bridgehead atoms. The van der Waals surface area contributed by atoms with Crippen LogP contribution in [-0.4, -0.2) is 87.5 Å². The molecule has 1 aromatic carbocycles. The van der Waals surface area contributed by atoms with Gasteiger partial charge in [0.15, 0.2) is 12.4 Å². The maximum absolute atomic E-state index is 14.2. The summed E-state index contributed by atoms with van der Waals surface area (Å²) in [5, 5.41) is 5.28. The van der Waals surface area contributed by atoms with Crippen LogP contribution >= 0.6 is 0 Å². The molecule has 2 aromatic heterocycles. The van der Waals surface area contributed by atoms with Gasteiger partial charge in [-0.15, -0.1) is 0 Å². The van der Waals surface area contributed by atoms with Crippen LogP contribution in [0.3, 0.4) is 0 Å². The Kier molecular flexibility index (Phi) is 8.95. The summed E-state index contributed by atoms with van der Waals surface area (Å²) in [6, 6.07) is 5.24. The van der Waals surface area contributed by atoms with Crippen LogP contribution in [0, 0.1) is 0 Å². The first-order valence-corrected chi connectivity index (χ1v) is 15.3. The van der Waals surface area contributed by atoms with Crippen molar-refractivity contribution in [3.05, 3.63) is 59.2 Å². The molecule has 3 aliphatic rings. The molecule has 1 unspecified atom stereocenters. The van der Waals surface area contributed by atoms with Gasteiger partial charge in [-0.1, -0.05) is 19.9 Å². The topological polar surface area (TPSA) is 125 Å². The molecule has 0 saturated carbocycles. The van der Waals surface area contributed by atoms with Gasteiger partial charge in [-0.25, -0.2) is 9.78 Å². The molecule has 2 N–H and O–H groups in total. The quantitative estimate of drug-likeness (QED) is 0.378. The van der Waals surface area contributed by atoms with E-state index >= 15 is 0 Å². The Labute approximate surface area is 263 Å². The van der Waals surface area contributed by atoms with Gasteiger partial charge in [-0.05, 0) is 42.3 Å². The van der Waals surface area contributed by atoms with E-state index in [1.807, 2.05) is 11.8 Å². The summed E-state index contributed by atoms with van der Waals surface area (Å²) in [6.45, 7) is 8.54. The molecule has 15 heteroatoms. The fraction of sp³-hybridized carbons (Fsp3) is 0.452. The van der Waals surface area contributed by atoms with E-state index < -0.39 is 17.8 Å². The van der Waals surface area contributed by atoms with Crippen molar-refractivity contribution in [2.45, 2.75) is 45.5 Å². The number of ether oxygens (including phenoxy) is 2. The molecule has 0 aliphatic carbocycles. The highest BCUT2D eigenvalue weighted by Crippen LogP contribution is 2.38. The Hall–Kier alpha value is -4.50. The summed E-state index contributed by atoms with van der Waals surface area (Å²) in [6.07, 6.45) is -1.09. The summed E-state index contributed by atoms with van der Waals surface area (Å²) in [5.41, 5.74) is 1.06. The van der Waals surface area contributed by atoms with Crippen molar-refractivity contribution in [1.82, 2.24) is 29.7 Å². The van der Waals surface area contributed by atoms with E-state index in [1.54, 1.807) is 17.2 Å². The Balaban J connectivity index is 1.17. The van der Waals surface area contributed by atoms with E-state index in [-0.39, 0.29) is 60.2 Å². The molecule has 244 valence electrons. The fourth-order valence-corrected chi connectivity index (χ4v) is 5.98. The monoisotopic (exact) mass is 640 g/mol. The third-order valence-electron chi connectivity index (χ3n) is 8.51. The number of hydrogen-bond acceptors (Lipinski definition) is 9. The summed E-state index contributed by atoms with van der Waals surface area (Å²) < 4.78 is 53.9. The SMILES string of the molecule is CCC1CN(C(=O)Nc2ccc(CN3CCN(CC)CC3)c(C(F)(F)F)c2)Cc2cc(Oc3ncnc4c3OCC(=O)N4)cnc21.